The summed E-state index contributed by atoms with van der Waals surface area (Å²) in [6.45, 7) is 2.17. The van der Waals surface area contributed by atoms with Crippen LogP contribution in [0.3, 0.4) is 0 Å². The van der Waals surface area contributed by atoms with Gasteiger partial charge >= 0.3 is 11.9 Å². The van der Waals surface area contributed by atoms with Gasteiger partial charge in [-0.2, -0.15) is 4.31 Å². The molecule has 1 saturated heterocycles. The number of aliphatic carboxylic acids is 1. The molecule has 0 aromatic heterocycles. The minimum Gasteiger partial charge on any atom is -0.480 e. The second-order valence-corrected chi connectivity index (χ2v) is 6.37. The van der Waals surface area contributed by atoms with Gasteiger partial charge in [-0.15, -0.1) is 0 Å². The van der Waals surface area contributed by atoms with Crippen LogP contribution in [0.5, 0.6) is 0 Å². The van der Waals surface area contributed by atoms with Gasteiger partial charge < -0.3 is 9.84 Å². The normalized spacial score (nSPS) is 20.4. The van der Waals surface area contributed by atoms with Gasteiger partial charge in [-0.25, -0.2) is 8.42 Å². The number of carboxylic acids is 1. The smallest absolute Gasteiger partial charge is 0.322 e. The summed E-state index contributed by atoms with van der Waals surface area (Å²) < 4.78 is 29.7. The van der Waals surface area contributed by atoms with Crippen LogP contribution in [0.15, 0.2) is 0 Å². The maximum atomic E-state index is 12.0. The van der Waals surface area contributed by atoms with E-state index in [1.807, 2.05) is 0 Å². The summed E-state index contributed by atoms with van der Waals surface area (Å²) in [6, 6.07) is -0.965. The lowest BCUT2D eigenvalue weighted by Gasteiger charge is -2.20. The van der Waals surface area contributed by atoms with Crippen molar-refractivity contribution < 1.29 is 27.9 Å². The lowest BCUT2D eigenvalue weighted by Crippen LogP contribution is -2.41. The Labute approximate surface area is 112 Å². The Balaban J connectivity index is 2.52. The fourth-order valence-corrected chi connectivity index (χ4v) is 3.80. The molecule has 1 N–H and O–H groups in total. The Hall–Kier alpha value is -1.15. The van der Waals surface area contributed by atoms with Gasteiger partial charge in [0.1, 0.15) is 6.04 Å². The van der Waals surface area contributed by atoms with Crippen molar-refractivity contribution in [3.05, 3.63) is 0 Å². The van der Waals surface area contributed by atoms with Crippen LogP contribution in [0.2, 0.25) is 0 Å². The molecule has 0 bridgehead atoms. The van der Waals surface area contributed by atoms with E-state index in [4.69, 9.17) is 9.84 Å². The van der Waals surface area contributed by atoms with Gasteiger partial charge in [-0.3, -0.25) is 9.59 Å². The van der Waals surface area contributed by atoms with Crippen LogP contribution in [0.25, 0.3) is 0 Å². The van der Waals surface area contributed by atoms with E-state index in [0.717, 1.165) is 4.31 Å². The summed E-state index contributed by atoms with van der Waals surface area (Å²) >= 11 is 0. The molecule has 7 nitrogen and oxygen atoms in total. The largest absolute Gasteiger partial charge is 0.480 e. The number of ether oxygens (including phenoxy) is 1. The molecule has 1 aliphatic heterocycles. The van der Waals surface area contributed by atoms with Crippen LogP contribution in [-0.4, -0.2) is 54.7 Å². The number of carboxylic acid groups (broad SMARTS) is 1. The molecule has 1 heterocycles. The van der Waals surface area contributed by atoms with E-state index < -0.39 is 28.0 Å². The average molecular weight is 293 g/mol. The summed E-state index contributed by atoms with van der Waals surface area (Å²) in [7, 11) is -3.62. The highest BCUT2D eigenvalue weighted by atomic mass is 32.2. The molecule has 0 radical (unpaired) electrons. The third kappa shape index (κ3) is 4.46. The Morgan fingerprint density at radius 1 is 1.42 bits per heavy atom. The van der Waals surface area contributed by atoms with Crippen molar-refractivity contribution in [2.45, 2.75) is 38.6 Å². The molecule has 1 rings (SSSR count). The maximum Gasteiger partial charge on any atom is 0.322 e. The van der Waals surface area contributed by atoms with Crippen molar-refractivity contribution in [3.63, 3.8) is 0 Å². The van der Waals surface area contributed by atoms with Gasteiger partial charge in [0.25, 0.3) is 0 Å². The highest BCUT2D eigenvalue weighted by Gasteiger charge is 2.38. The maximum absolute atomic E-state index is 12.0. The quantitative estimate of drug-likeness (QED) is 0.673. The van der Waals surface area contributed by atoms with E-state index in [9.17, 15) is 18.0 Å². The lowest BCUT2D eigenvalue weighted by molar-refractivity contribution is -0.143. The van der Waals surface area contributed by atoms with Crippen molar-refractivity contribution in [2.24, 2.45) is 0 Å². The van der Waals surface area contributed by atoms with E-state index in [1.54, 1.807) is 6.92 Å². The number of esters is 1. The molecule has 0 unspecified atom stereocenters. The number of nitrogens with zero attached hydrogens (tertiary/aromatic N) is 1. The van der Waals surface area contributed by atoms with Gasteiger partial charge in [-0.05, 0) is 26.2 Å². The van der Waals surface area contributed by atoms with Gasteiger partial charge in [-0.1, -0.05) is 0 Å². The van der Waals surface area contributed by atoms with E-state index >= 15 is 0 Å². The topological polar surface area (TPSA) is 101 Å². The Morgan fingerprint density at radius 3 is 2.68 bits per heavy atom. The predicted octanol–water partition coefficient (Wildman–Crippen LogP) is 0.208. The Morgan fingerprint density at radius 2 is 2.11 bits per heavy atom. The average Bonchev–Trinajstić information content (AvgIpc) is 2.78. The van der Waals surface area contributed by atoms with Crippen LogP contribution < -0.4 is 0 Å². The first kappa shape index (κ1) is 15.9. The number of hydrogen-bond donors (Lipinski definition) is 1. The molecular weight excluding hydrogens is 274 g/mol. The molecule has 0 aromatic carbocycles. The predicted molar refractivity (Wildman–Crippen MR) is 67.0 cm³/mol. The summed E-state index contributed by atoms with van der Waals surface area (Å²) in [4.78, 5) is 22.0. The summed E-state index contributed by atoms with van der Waals surface area (Å²) in [5.74, 6) is -1.78. The molecule has 0 aromatic rings. The summed E-state index contributed by atoms with van der Waals surface area (Å²) in [6.07, 6.45) is 1.06. The zero-order chi connectivity index (χ0) is 14.5. The van der Waals surface area contributed by atoms with E-state index in [2.05, 4.69) is 0 Å². The molecule has 1 atom stereocenters. The summed E-state index contributed by atoms with van der Waals surface area (Å²) in [5, 5.41) is 8.95. The molecule has 1 fully saturated rings. The van der Waals surface area contributed by atoms with Crippen LogP contribution in [0, 0.1) is 0 Å². The molecule has 0 spiro atoms. The van der Waals surface area contributed by atoms with Gasteiger partial charge in [0, 0.05) is 13.0 Å². The monoisotopic (exact) mass is 293 g/mol. The second-order valence-electron chi connectivity index (χ2n) is 4.33. The van der Waals surface area contributed by atoms with Crippen LogP contribution in [-0.2, 0) is 24.3 Å². The molecule has 8 heteroatoms. The lowest BCUT2D eigenvalue weighted by atomic mass is 10.2. The van der Waals surface area contributed by atoms with E-state index in [1.165, 1.54) is 0 Å². The SMILES string of the molecule is CCOC(=O)CCCS(=O)(=O)N1CCC[C@H]1C(=O)O. The zero-order valence-corrected chi connectivity index (χ0v) is 11.7. The van der Waals surface area contributed by atoms with Crippen LogP contribution in [0.1, 0.15) is 32.6 Å². The molecule has 0 saturated carbocycles. The van der Waals surface area contributed by atoms with Crippen LogP contribution in [0.4, 0.5) is 0 Å². The van der Waals surface area contributed by atoms with Gasteiger partial charge in [0.2, 0.25) is 10.0 Å². The molecule has 0 aliphatic carbocycles. The molecule has 19 heavy (non-hydrogen) atoms. The van der Waals surface area contributed by atoms with E-state index in [0.29, 0.717) is 12.8 Å². The van der Waals surface area contributed by atoms with E-state index in [-0.39, 0.29) is 31.7 Å². The van der Waals surface area contributed by atoms with Crippen molar-refractivity contribution in [3.8, 4) is 0 Å². The number of carbonyl (C=O) groups excluding carboxylic acids is 1. The Kier molecular flexibility index (Phi) is 5.74. The van der Waals surface area contributed by atoms with Crippen molar-refractivity contribution in [1.29, 1.82) is 0 Å². The van der Waals surface area contributed by atoms with Crippen LogP contribution >= 0.6 is 0 Å². The standard InChI is InChI=1S/C11H19NO6S/c1-2-18-10(13)6-4-8-19(16,17)12-7-3-5-9(12)11(14)15/h9H,2-8H2,1H3,(H,14,15)/t9-/m0/s1. The van der Waals surface area contributed by atoms with Gasteiger partial charge in [0.15, 0.2) is 0 Å². The number of hydrogen-bond acceptors (Lipinski definition) is 5. The zero-order valence-electron chi connectivity index (χ0n) is 10.9. The first-order chi connectivity index (χ1) is 8.88. The Bertz CT molecular complexity index is 432. The minimum atomic E-state index is -3.62. The molecule has 110 valence electrons. The van der Waals surface area contributed by atoms with Crippen molar-refractivity contribution >= 4 is 22.0 Å². The fraction of sp³-hybridized carbons (Fsp3) is 0.818. The number of rotatable bonds is 7. The first-order valence-electron chi connectivity index (χ1n) is 6.26. The fourth-order valence-electron chi connectivity index (χ4n) is 2.07. The number of sulfonamides is 1. The first-order valence-corrected chi connectivity index (χ1v) is 7.87. The highest BCUT2D eigenvalue weighted by Crippen LogP contribution is 2.22. The van der Waals surface area contributed by atoms with Gasteiger partial charge in [0.05, 0.1) is 12.4 Å². The molecular formula is C11H19NO6S. The third-order valence-corrected chi connectivity index (χ3v) is 4.89. The van der Waals surface area contributed by atoms with Crippen molar-refractivity contribution in [1.82, 2.24) is 4.31 Å². The molecule has 1 aliphatic rings. The summed E-state index contributed by atoms with van der Waals surface area (Å²) in [5.41, 5.74) is 0. The third-order valence-electron chi connectivity index (χ3n) is 2.93. The molecule has 0 amide bonds. The minimum absolute atomic E-state index is 0.0264. The second kappa shape index (κ2) is 6.85. The highest BCUT2D eigenvalue weighted by molar-refractivity contribution is 7.89. The van der Waals surface area contributed by atoms with Crippen molar-refractivity contribution in [2.75, 3.05) is 18.9 Å². The number of carbonyl (C=O) groups is 2.